The van der Waals surface area contributed by atoms with Gasteiger partial charge in [0.1, 0.15) is 0 Å². The zero-order chi connectivity index (χ0) is 9.68. The highest BCUT2D eigenvalue weighted by Gasteiger charge is 2.21. The van der Waals surface area contributed by atoms with E-state index in [9.17, 15) is 5.21 Å². The van der Waals surface area contributed by atoms with Gasteiger partial charge in [0.15, 0.2) is 0 Å². The fraction of sp³-hybridized carbons (Fsp3) is 1.00. The Morgan fingerprint density at radius 2 is 1.92 bits per heavy atom. The van der Waals surface area contributed by atoms with E-state index in [1.165, 1.54) is 18.0 Å². The lowest BCUT2D eigenvalue weighted by atomic mass is 10.0. The van der Waals surface area contributed by atoms with Gasteiger partial charge in [-0.05, 0) is 32.4 Å². The monoisotopic (exact) mass is 186 g/mol. The topological polar surface area (TPSA) is 26.7 Å². The summed E-state index contributed by atoms with van der Waals surface area (Å²) in [6.45, 7) is 8.47. The van der Waals surface area contributed by atoms with Gasteiger partial charge in [-0.1, -0.05) is 13.8 Å². The summed E-state index contributed by atoms with van der Waals surface area (Å²) >= 11 is 0. The van der Waals surface area contributed by atoms with E-state index in [1.807, 2.05) is 0 Å². The SMILES string of the molecule is CCCN(CC)C1CCN(O)CC1. The quantitative estimate of drug-likeness (QED) is 0.722. The molecule has 1 fully saturated rings. The van der Waals surface area contributed by atoms with Gasteiger partial charge in [-0.25, -0.2) is 0 Å². The van der Waals surface area contributed by atoms with Crippen LogP contribution < -0.4 is 0 Å². The molecule has 0 aromatic heterocycles. The lowest BCUT2D eigenvalue weighted by molar-refractivity contribution is -0.115. The van der Waals surface area contributed by atoms with Crippen LogP contribution in [-0.2, 0) is 0 Å². The van der Waals surface area contributed by atoms with Crippen molar-refractivity contribution in [2.75, 3.05) is 26.2 Å². The maximum atomic E-state index is 9.23. The van der Waals surface area contributed by atoms with Crippen molar-refractivity contribution in [3.8, 4) is 0 Å². The Morgan fingerprint density at radius 3 is 2.38 bits per heavy atom. The number of rotatable bonds is 4. The molecular formula is C10H22N2O. The average Bonchev–Trinajstić information content (AvgIpc) is 2.16. The lowest BCUT2D eigenvalue weighted by Gasteiger charge is -2.35. The van der Waals surface area contributed by atoms with Crippen LogP contribution >= 0.6 is 0 Å². The molecule has 1 aliphatic heterocycles. The first-order valence-corrected chi connectivity index (χ1v) is 5.45. The second-order valence-corrected chi connectivity index (χ2v) is 3.81. The second-order valence-electron chi connectivity index (χ2n) is 3.81. The molecule has 0 aliphatic carbocycles. The largest absolute Gasteiger partial charge is 0.314 e. The minimum Gasteiger partial charge on any atom is -0.314 e. The number of hydrogen-bond acceptors (Lipinski definition) is 3. The molecule has 0 saturated carbocycles. The van der Waals surface area contributed by atoms with Crippen LogP contribution in [0.2, 0.25) is 0 Å². The van der Waals surface area contributed by atoms with Gasteiger partial charge in [-0.15, -0.1) is 0 Å². The summed E-state index contributed by atoms with van der Waals surface area (Å²) in [6.07, 6.45) is 3.46. The van der Waals surface area contributed by atoms with Gasteiger partial charge in [-0.2, -0.15) is 5.06 Å². The standard InChI is InChI=1S/C10H22N2O/c1-3-7-11(4-2)10-5-8-12(13)9-6-10/h10,13H,3-9H2,1-2H3. The molecule has 1 heterocycles. The summed E-state index contributed by atoms with van der Waals surface area (Å²) in [5.41, 5.74) is 0. The van der Waals surface area contributed by atoms with Gasteiger partial charge in [-0.3, -0.25) is 0 Å². The van der Waals surface area contributed by atoms with Crippen LogP contribution in [0.3, 0.4) is 0 Å². The molecule has 78 valence electrons. The summed E-state index contributed by atoms with van der Waals surface area (Å²) < 4.78 is 0. The maximum absolute atomic E-state index is 9.23. The van der Waals surface area contributed by atoms with E-state index in [1.54, 1.807) is 0 Å². The summed E-state index contributed by atoms with van der Waals surface area (Å²) in [5, 5.41) is 10.7. The molecule has 3 heteroatoms. The molecular weight excluding hydrogens is 164 g/mol. The molecule has 0 radical (unpaired) electrons. The van der Waals surface area contributed by atoms with Crippen LogP contribution in [0, 0.1) is 0 Å². The number of piperidine rings is 1. The third-order valence-electron chi connectivity index (χ3n) is 2.87. The molecule has 1 N–H and O–H groups in total. The van der Waals surface area contributed by atoms with E-state index in [-0.39, 0.29) is 0 Å². The molecule has 0 atom stereocenters. The molecule has 0 aromatic carbocycles. The first-order valence-electron chi connectivity index (χ1n) is 5.45. The Balaban J connectivity index is 2.32. The zero-order valence-corrected chi connectivity index (χ0v) is 8.87. The van der Waals surface area contributed by atoms with E-state index in [0.29, 0.717) is 6.04 Å². The van der Waals surface area contributed by atoms with Crippen LogP contribution in [0.25, 0.3) is 0 Å². The predicted molar refractivity (Wildman–Crippen MR) is 53.9 cm³/mol. The third-order valence-corrected chi connectivity index (χ3v) is 2.87. The molecule has 0 spiro atoms. The smallest absolute Gasteiger partial charge is 0.0253 e. The molecule has 1 aliphatic rings. The Hall–Kier alpha value is -0.120. The van der Waals surface area contributed by atoms with Crippen molar-refractivity contribution in [1.29, 1.82) is 0 Å². The molecule has 0 bridgehead atoms. The van der Waals surface area contributed by atoms with Crippen molar-refractivity contribution >= 4 is 0 Å². The molecule has 0 amide bonds. The average molecular weight is 186 g/mol. The normalized spacial score (nSPS) is 21.2. The Labute approximate surface area is 81.3 Å². The minimum absolute atomic E-state index is 0.702. The van der Waals surface area contributed by atoms with Crippen LogP contribution in [0.4, 0.5) is 0 Å². The van der Waals surface area contributed by atoms with Gasteiger partial charge in [0.2, 0.25) is 0 Å². The number of hydrogen-bond donors (Lipinski definition) is 1. The number of nitrogens with zero attached hydrogens (tertiary/aromatic N) is 2. The predicted octanol–water partition coefficient (Wildman–Crippen LogP) is 1.57. The van der Waals surface area contributed by atoms with E-state index in [2.05, 4.69) is 18.7 Å². The Morgan fingerprint density at radius 1 is 1.31 bits per heavy atom. The fourth-order valence-electron chi connectivity index (χ4n) is 2.10. The maximum Gasteiger partial charge on any atom is 0.0253 e. The van der Waals surface area contributed by atoms with Crippen molar-refractivity contribution in [2.45, 2.75) is 39.2 Å². The van der Waals surface area contributed by atoms with E-state index in [4.69, 9.17) is 0 Å². The van der Waals surface area contributed by atoms with Crippen molar-refractivity contribution < 1.29 is 5.21 Å². The Bertz CT molecular complexity index is 133. The summed E-state index contributed by atoms with van der Waals surface area (Å²) in [7, 11) is 0. The molecule has 3 nitrogen and oxygen atoms in total. The van der Waals surface area contributed by atoms with Gasteiger partial charge >= 0.3 is 0 Å². The number of hydroxylamine groups is 2. The summed E-state index contributed by atoms with van der Waals surface area (Å²) in [6, 6.07) is 0.702. The molecule has 13 heavy (non-hydrogen) atoms. The van der Waals surface area contributed by atoms with Gasteiger partial charge in [0, 0.05) is 19.1 Å². The third kappa shape index (κ3) is 3.25. The van der Waals surface area contributed by atoms with E-state index < -0.39 is 0 Å². The fourth-order valence-corrected chi connectivity index (χ4v) is 2.10. The highest BCUT2D eigenvalue weighted by Crippen LogP contribution is 2.15. The first-order chi connectivity index (χ1) is 6.27. The second kappa shape index (κ2) is 5.58. The lowest BCUT2D eigenvalue weighted by Crippen LogP contribution is -2.44. The van der Waals surface area contributed by atoms with Crippen molar-refractivity contribution in [1.82, 2.24) is 9.96 Å². The summed E-state index contributed by atoms with van der Waals surface area (Å²) in [4.78, 5) is 2.53. The minimum atomic E-state index is 0.702. The molecule has 0 unspecified atom stereocenters. The molecule has 1 rings (SSSR count). The zero-order valence-electron chi connectivity index (χ0n) is 8.87. The van der Waals surface area contributed by atoms with Gasteiger partial charge in [0.25, 0.3) is 0 Å². The highest BCUT2D eigenvalue weighted by molar-refractivity contribution is 4.76. The molecule has 0 aromatic rings. The Kier molecular flexibility index (Phi) is 4.70. The van der Waals surface area contributed by atoms with Crippen molar-refractivity contribution in [2.24, 2.45) is 0 Å². The van der Waals surface area contributed by atoms with Gasteiger partial charge < -0.3 is 10.1 Å². The van der Waals surface area contributed by atoms with Crippen LogP contribution in [0.5, 0.6) is 0 Å². The van der Waals surface area contributed by atoms with E-state index >= 15 is 0 Å². The van der Waals surface area contributed by atoms with Crippen LogP contribution in [0.15, 0.2) is 0 Å². The van der Waals surface area contributed by atoms with Gasteiger partial charge in [0.05, 0.1) is 0 Å². The van der Waals surface area contributed by atoms with Crippen molar-refractivity contribution in [3.63, 3.8) is 0 Å². The highest BCUT2D eigenvalue weighted by atomic mass is 16.5. The summed E-state index contributed by atoms with van der Waals surface area (Å²) in [5.74, 6) is 0. The van der Waals surface area contributed by atoms with Crippen molar-refractivity contribution in [3.05, 3.63) is 0 Å². The van der Waals surface area contributed by atoms with Crippen LogP contribution in [0.1, 0.15) is 33.1 Å². The van der Waals surface area contributed by atoms with Crippen LogP contribution in [-0.4, -0.2) is 47.4 Å². The molecule has 1 saturated heterocycles. The van der Waals surface area contributed by atoms with E-state index in [0.717, 1.165) is 32.5 Å². The first kappa shape index (κ1) is 11.0.